The lowest BCUT2D eigenvalue weighted by Crippen LogP contribution is -2.39. The number of carbonyl (C=O) groups is 1. The van der Waals surface area contributed by atoms with E-state index in [1.165, 1.54) is 32.1 Å². The Bertz CT molecular complexity index is 208. The van der Waals surface area contributed by atoms with Gasteiger partial charge in [-0.05, 0) is 24.7 Å². The van der Waals surface area contributed by atoms with E-state index < -0.39 is 0 Å². The Morgan fingerprint density at radius 2 is 1.71 bits per heavy atom. The summed E-state index contributed by atoms with van der Waals surface area (Å²) in [6.07, 6.45) is 9.77. The second-order valence-corrected chi connectivity index (χ2v) is 5.01. The summed E-state index contributed by atoms with van der Waals surface area (Å²) in [6.45, 7) is 0. The van der Waals surface area contributed by atoms with Crippen molar-refractivity contribution in [2.45, 2.75) is 57.4 Å². The maximum absolute atomic E-state index is 11.3. The molecule has 0 radical (unpaired) electrons. The van der Waals surface area contributed by atoms with Crippen molar-refractivity contribution in [1.29, 1.82) is 0 Å². The molecule has 0 heterocycles. The molecule has 2 rings (SSSR count). The summed E-state index contributed by atoms with van der Waals surface area (Å²) in [5.74, 6) is 1.92. The fourth-order valence-corrected chi connectivity index (χ4v) is 3.12. The molecular weight excluding hydrogens is 174 g/mol. The third kappa shape index (κ3) is 2.17. The van der Waals surface area contributed by atoms with Crippen molar-refractivity contribution in [1.82, 2.24) is 0 Å². The van der Waals surface area contributed by atoms with Gasteiger partial charge in [-0.2, -0.15) is 0 Å². The van der Waals surface area contributed by atoms with Gasteiger partial charge in [0.15, 0.2) is 0 Å². The molecular formula is C12H21NO. The summed E-state index contributed by atoms with van der Waals surface area (Å²) in [6, 6.07) is -0.143. The van der Waals surface area contributed by atoms with Crippen LogP contribution in [-0.4, -0.2) is 11.8 Å². The van der Waals surface area contributed by atoms with Crippen LogP contribution in [0.15, 0.2) is 0 Å². The van der Waals surface area contributed by atoms with Gasteiger partial charge in [-0.1, -0.05) is 32.1 Å². The SMILES string of the molecule is N[C@H]1C[C@H](C2CCCCC2)CCC1=O. The first kappa shape index (κ1) is 10.2. The number of hydrogen-bond donors (Lipinski definition) is 1. The molecule has 2 aliphatic carbocycles. The maximum atomic E-state index is 11.3. The number of nitrogens with two attached hydrogens (primary N) is 1. The van der Waals surface area contributed by atoms with E-state index in [4.69, 9.17) is 5.73 Å². The van der Waals surface area contributed by atoms with Crippen molar-refractivity contribution in [2.24, 2.45) is 17.6 Å². The summed E-state index contributed by atoms with van der Waals surface area (Å²) in [5.41, 5.74) is 5.83. The lowest BCUT2D eigenvalue weighted by atomic mass is 9.72. The molecule has 0 aromatic heterocycles. The van der Waals surface area contributed by atoms with Gasteiger partial charge in [-0.25, -0.2) is 0 Å². The average Bonchev–Trinajstić information content (AvgIpc) is 2.23. The van der Waals surface area contributed by atoms with Gasteiger partial charge in [0.25, 0.3) is 0 Å². The van der Waals surface area contributed by atoms with E-state index in [1.807, 2.05) is 0 Å². The molecule has 0 unspecified atom stereocenters. The summed E-state index contributed by atoms with van der Waals surface area (Å²) in [5, 5.41) is 0. The fraction of sp³-hybridized carbons (Fsp3) is 0.917. The van der Waals surface area contributed by atoms with Crippen LogP contribution in [-0.2, 0) is 4.79 Å². The Kier molecular flexibility index (Phi) is 3.22. The number of ketones is 1. The van der Waals surface area contributed by atoms with Crippen LogP contribution in [0.25, 0.3) is 0 Å². The molecule has 2 nitrogen and oxygen atoms in total. The minimum Gasteiger partial charge on any atom is -0.322 e. The van der Waals surface area contributed by atoms with Gasteiger partial charge in [0.2, 0.25) is 0 Å². The minimum atomic E-state index is -0.143. The van der Waals surface area contributed by atoms with E-state index in [9.17, 15) is 4.79 Å². The molecule has 0 saturated heterocycles. The van der Waals surface area contributed by atoms with E-state index in [1.54, 1.807) is 0 Å². The Hall–Kier alpha value is -0.370. The van der Waals surface area contributed by atoms with Gasteiger partial charge < -0.3 is 5.73 Å². The van der Waals surface area contributed by atoms with Crippen LogP contribution in [0, 0.1) is 11.8 Å². The van der Waals surface area contributed by atoms with Crippen molar-refractivity contribution in [2.75, 3.05) is 0 Å². The van der Waals surface area contributed by atoms with Crippen molar-refractivity contribution in [3.8, 4) is 0 Å². The Labute approximate surface area is 86.2 Å². The lowest BCUT2D eigenvalue weighted by Gasteiger charge is -2.34. The quantitative estimate of drug-likeness (QED) is 0.697. The third-order valence-corrected chi connectivity index (χ3v) is 4.05. The predicted molar refractivity (Wildman–Crippen MR) is 56.9 cm³/mol. The molecule has 0 aliphatic heterocycles. The van der Waals surface area contributed by atoms with Gasteiger partial charge in [0.05, 0.1) is 6.04 Å². The predicted octanol–water partition coefficient (Wildman–Crippen LogP) is 2.26. The summed E-state index contributed by atoms with van der Waals surface area (Å²) < 4.78 is 0. The molecule has 0 aromatic carbocycles. The Morgan fingerprint density at radius 3 is 2.36 bits per heavy atom. The van der Waals surface area contributed by atoms with Gasteiger partial charge in [0, 0.05) is 6.42 Å². The molecule has 0 amide bonds. The van der Waals surface area contributed by atoms with Crippen molar-refractivity contribution in [3.63, 3.8) is 0 Å². The van der Waals surface area contributed by atoms with E-state index in [2.05, 4.69) is 0 Å². The summed E-state index contributed by atoms with van der Waals surface area (Å²) in [4.78, 5) is 11.3. The number of carbonyl (C=O) groups excluding carboxylic acids is 1. The first-order valence-electron chi connectivity index (χ1n) is 6.05. The van der Waals surface area contributed by atoms with Gasteiger partial charge in [0.1, 0.15) is 5.78 Å². The molecule has 80 valence electrons. The fourth-order valence-electron chi connectivity index (χ4n) is 3.12. The van der Waals surface area contributed by atoms with E-state index in [0.29, 0.717) is 0 Å². The number of hydrogen-bond acceptors (Lipinski definition) is 2. The standard InChI is InChI=1S/C12H21NO/c13-11-8-10(6-7-12(11)14)9-4-2-1-3-5-9/h9-11H,1-8,13H2/t10-,11+/m1/s1. The van der Waals surface area contributed by atoms with E-state index >= 15 is 0 Å². The zero-order valence-electron chi connectivity index (χ0n) is 8.87. The van der Waals surface area contributed by atoms with Gasteiger partial charge in [-0.15, -0.1) is 0 Å². The first-order valence-corrected chi connectivity index (χ1v) is 6.05. The molecule has 14 heavy (non-hydrogen) atoms. The van der Waals surface area contributed by atoms with Crippen molar-refractivity contribution in [3.05, 3.63) is 0 Å². The third-order valence-electron chi connectivity index (χ3n) is 4.05. The first-order chi connectivity index (χ1) is 6.77. The molecule has 0 bridgehead atoms. The monoisotopic (exact) mass is 195 g/mol. The second-order valence-electron chi connectivity index (χ2n) is 5.01. The number of rotatable bonds is 1. The molecule has 2 aliphatic rings. The highest BCUT2D eigenvalue weighted by molar-refractivity contribution is 5.84. The highest BCUT2D eigenvalue weighted by Crippen LogP contribution is 2.36. The highest BCUT2D eigenvalue weighted by Gasteiger charge is 2.31. The van der Waals surface area contributed by atoms with Crippen molar-refractivity contribution >= 4 is 5.78 Å². The van der Waals surface area contributed by atoms with Gasteiger partial charge >= 0.3 is 0 Å². The molecule has 2 atom stereocenters. The van der Waals surface area contributed by atoms with Crippen LogP contribution in [0.2, 0.25) is 0 Å². The Balaban J connectivity index is 1.88. The molecule has 2 heteroatoms. The van der Waals surface area contributed by atoms with E-state index in [0.717, 1.165) is 31.1 Å². The summed E-state index contributed by atoms with van der Waals surface area (Å²) >= 11 is 0. The highest BCUT2D eigenvalue weighted by atomic mass is 16.1. The zero-order chi connectivity index (χ0) is 9.97. The largest absolute Gasteiger partial charge is 0.322 e. The normalized spacial score (nSPS) is 35.9. The average molecular weight is 195 g/mol. The topological polar surface area (TPSA) is 43.1 Å². The molecule has 0 aromatic rings. The van der Waals surface area contributed by atoms with Crippen LogP contribution in [0.3, 0.4) is 0 Å². The smallest absolute Gasteiger partial charge is 0.149 e. The molecule has 0 spiro atoms. The molecule has 2 N–H and O–H groups in total. The Morgan fingerprint density at radius 1 is 1.00 bits per heavy atom. The zero-order valence-corrected chi connectivity index (χ0v) is 8.87. The lowest BCUT2D eigenvalue weighted by molar-refractivity contribution is -0.122. The maximum Gasteiger partial charge on any atom is 0.149 e. The van der Waals surface area contributed by atoms with Crippen LogP contribution in [0.1, 0.15) is 51.4 Å². The van der Waals surface area contributed by atoms with Crippen LogP contribution in [0.5, 0.6) is 0 Å². The molecule has 2 fully saturated rings. The van der Waals surface area contributed by atoms with E-state index in [-0.39, 0.29) is 11.8 Å². The molecule has 2 saturated carbocycles. The van der Waals surface area contributed by atoms with Crippen LogP contribution < -0.4 is 5.73 Å². The van der Waals surface area contributed by atoms with Crippen LogP contribution in [0.4, 0.5) is 0 Å². The van der Waals surface area contributed by atoms with Gasteiger partial charge in [-0.3, -0.25) is 4.79 Å². The minimum absolute atomic E-state index is 0.143. The second kappa shape index (κ2) is 4.43. The summed E-state index contributed by atoms with van der Waals surface area (Å²) in [7, 11) is 0. The van der Waals surface area contributed by atoms with Crippen molar-refractivity contribution < 1.29 is 4.79 Å². The van der Waals surface area contributed by atoms with Crippen LogP contribution >= 0.6 is 0 Å². The number of Topliss-reactive ketones (excluding diaryl/α,β-unsaturated/α-hetero) is 1.